The van der Waals surface area contributed by atoms with Crippen molar-refractivity contribution in [1.82, 2.24) is 4.90 Å². The summed E-state index contributed by atoms with van der Waals surface area (Å²) in [7, 11) is -1.86. The molecule has 0 spiro atoms. The number of benzene rings is 1. The van der Waals surface area contributed by atoms with Crippen molar-refractivity contribution in [3.63, 3.8) is 0 Å². The Kier molecular flexibility index (Phi) is 5.65. The van der Waals surface area contributed by atoms with E-state index < -0.39 is 13.9 Å². The zero-order chi connectivity index (χ0) is 19.9. The third-order valence-electron chi connectivity index (χ3n) is 5.38. The van der Waals surface area contributed by atoms with E-state index in [1.54, 1.807) is 0 Å². The first-order valence-electron chi connectivity index (χ1n) is 9.45. The molecule has 1 amide bonds. The molecule has 0 aromatic heterocycles. The standard InChI is InChI=1S/C21H35NO3Si/c1-15-10-12-16(13-11-15)18-17(14-24-26(8,9)21(5,6)7)22(18)19(23)25-20(2,3)4/h10-13,17-18H,14H2,1-9H3/t17-,18?,22?/m0/s1. The summed E-state index contributed by atoms with van der Waals surface area (Å²) in [6, 6.07) is 8.46. The quantitative estimate of drug-likeness (QED) is 0.501. The number of amides is 1. The Bertz CT molecular complexity index is 641. The Morgan fingerprint density at radius 2 is 1.62 bits per heavy atom. The van der Waals surface area contributed by atoms with E-state index in [-0.39, 0.29) is 23.2 Å². The Balaban J connectivity index is 2.15. The van der Waals surface area contributed by atoms with Crippen LogP contribution in [0.5, 0.6) is 0 Å². The Morgan fingerprint density at radius 3 is 2.08 bits per heavy atom. The highest BCUT2D eigenvalue weighted by atomic mass is 28.4. The number of nitrogens with zero attached hydrogens (tertiary/aromatic N) is 1. The topological polar surface area (TPSA) is 38.5 Å². The van der Waals surface area contributed by atoms with Crippen LogP contribution in [-0.4, -0.2) is 37.6 Å². The molecule has 1 aliphatic rings. The number of rotatable bonds is 4. The van der Waals surface area contributed by atoms with E-state index in [4.69, 9.17) is 9.16 Å². The van der Waals surface area contributed by atoms with Crippen LogP contribution >= 0.6 is 0 Å². The number of carbonyl (C=O) groups excluding carboxylic acids is 1. The number of aryl methyl sites for hydroxylation is 1. The number of carbonyl (C=O) groups is 1. The summed E-state index contributed by atoms with van der Waals surface area (Å²) in [6.45, 7) is 19.5. The van der Waals surface area contributed by atoms with Crippen LogP contribution < -0.4 is 0 Å². The first-order chi connectivity index (χ1) is 11.7. The molecule has 1 saturated heterocycles. The average Bonchev–Trinajstić information content (AvgIpc) is 3.17. The van der Waals surface area contributed by atoms with E-state index in [0.29, 0.717) is 6.61 Å². The van der Waals surface area contributed by atoms with Crippen LogP contribution in [0.2, 0.25) is 18.1 Å². The van der Waals surface area contributed by atoms with Gasteiger partial charge in [-0.1, -0.05) is 50.6 Å². The van der Waals surface area contributed by atoms with Gasteiger partial charge in [-0.05, 0) is 51.4 Å². The predicted molar refractivity (Wildman–Crippen MR) is 109 cm³/mol. The van der Waals surface area contributed by atoms with Gasteiger partial charge in [0.15, 0.2) is 8.32 Å². The predicted octanol–water partition coefficient (Wildman–Crippen LogP) is 5.68. The molecule has 1 heterocycles. The molecule has 2 atom stereocenters. The first kappa shape index (κ1) is 21.0. The highest BCUT2D eigenvalue weighted by Crippen LogP contribution is 2.46. The van der Waals surface area contributed by atoms with Crippen molar-refractivity contribution >= 4 is 14.4 Å². The van der Waals surface area contributed by atoms with Gasteiger partial charge in [-0.15, -0.1) is 0 Å². The van der Waals surface area contributed by atoms with Crippen molar-refractivity contribution < 1.29 is 14.0 Å². The van der Waals surface area contributed by atoms with Crippen molar-refractivity contribution in [2.45, 2.75) is 84.3 Å². The Morgan fingerprint density at radius 1 is 1.08 bits per heavy atom. The van der Waals surface area contributed by atoms with E-state index in [0.717, 1.165) is 5.56 Å². The molecule has 1 aromatic carbocycles. The van der Waals surface area contributed by atoms with Crippen molar-refractivity contribution in [2.75, 3.05) is 6.61 Å². The second kappa shape index (κ2) is 7.00. The van der Waals surface area contributed by atoms with Crippen LogP contribution in [-0.2, 0) is 9.16 Å². The molecule has 0 saturated carbocycles. The molecule has 0 aliphatic carbocycles. The summed E-state index contributed by atoms with van der Waals surface area (Å²) in [5, 5.41) is 0.151. The summed E-state index contributed by atoms with van der Waals surface area (Å²) in [4.78, 5) is 14.5. The molecule has 1 fully saturated rings. The molecule has 1 aliphatic heterocycles. The zero-order valence-electron chi connectivity index (χ0n) is 17.8. The van der Waals surface area contributed by atoms with E-state index in [1.807, 2.05) is 25.7 Å². The van der Waals surface area contributed by atoms with Crippen LogP contribution in [0.4, 0.5) is 4.79 Å². The third kappa shape index (κ3) is 4.89. The van der Waals surface area contributed by atoms with Gasteiger partial charge in [0.2, 0.25) is 0 Å². The van der Waals surface area contributed by atoms with Crippen LogP contribution in [0.1, 0.15) is 58.7 Å². The van der Waals surface area contributed by atoms with Gasteiger partial charge in [-0.25, -0.2) is 4.79 Å². The monoisotopic (exact) mass is 377 g/mol. The summed E-state index contributed by atoms with van der Waals surface area (Å²) in [6.07, 6.45) is -0.257. The summed E-state index contributed by atoms with van der Waals surface area (Å²) < 4.78 is 12.0. The molecule has 1 unspecified atom stereocenters. The van der Waals surface area contributed by atoms with Gasteiger partial charge < -0.3 is 9.16 Å². The Hall–Kier alpha value is -1.33. The fourth-order valence-corrected chi connectivity index (χ4v) is 3.69. The van der Waals surface area contributed by atoms with Gasteiger partial charge in [0.1, 0.15) is 5.60 Å². The lowest BCUT2D eigenvalue weighted by Gasteiger charge is -2.36. The van der Waals surface area contributed by atoms with Crippen LogP contribution in [0.15, 0.2) is 24.3 Å². The molecular weight excluding hydrogens is 342 g/mol. The SMILES string of the molecule is Cc1ccc(C2[C@H](CO[Si](C)(C)C(C)(C)C)N2C(=O)OC(C)(C)C)cc1. The maximum atomic E-state index is 12.7. The van der Waals surface area contributed by atoms with E-state index in [1.165, 1.54) is 5.56 Å². The maximum absolute atomic E-state index is 12.7. The number of hydrogen-bond acceptors (Lipinski definition) is 3. The summed E-state index contributed by atoms with van der Waals surface area (Å²) in [5.74, 6) is 0. The van der Waals surface area contributed by atoms with Crippen molar-refractivity contribution in [3.8, 4) is 0 Å². The molecule has 4 nitrogen and oxygen atoms in total. The van der Waals surface area contributed by atoms with Gasteiger partial charge in [-0.2, -0.15) is 0 Å². The fraction of sp³-hybridized carbons (Fsp3) is 0.667. The van der Waals surface area contributed by atoms with E-state index >= 15 is 0 Å². The van der Waals surface area contributed by atoms with Crippen molar-refractivity contribution in [3.05, 3.63) is 35.4 Å². The largest absolute Gasteiger partial charge is 0.444 e. The summed E-state index contributed by atoms with van der Waals surface area (Å²) >= 11 is 0. The minimum absolute atomic E-state index is 0.0372. The lowest BCUT2D eigenvalue weighted by molar-refractivity contribution is 0.0383. The number of hydrogen-bond donors (Lipinski definition) is 0. The molecule has 5 heteroatoms. The van der Waals surface area contributed by atoms with Crippen LogP contribution in [0, 0.1) is 6.92 Å². The van der Waals surface area contributed by atoms with Crippen LogP contribution in [0.3, 0.4) is 0 Å². The molecule has 0 bridgehead atoms. The third-order valence-corrected chi connectivity index (χ3v) is 9.88. The Labute approximate surface area is 160 Å². The van der Waals surface area contributed by atoms with E-state index in [9.17, 15) is 4.79 Å². The lowest BCUT2D eigenvalue weighted by atomic mass is 10.1. The highest BCUT2D eigenvalue weighted by Gasteiger charge is 2.54. The highest BCUT2D eigenvalue weighted by molar-refractivity contribution is 6.74. The van der Waals surface area contributed by atoms with Gasteiger partial charge in [0.05, 0.1) is 18.7 Å². The van der Waals surface area contributed by atoms with Crippen LogP contribution in [0.25, 0.3) is 0 Å². The second-order valence-electron chi connectivity index (χ2n) is 9.88. The molecule has 2 rings (SSSR count). The second-order valence-corrected chi connectivity index (χ2v) is 14.7. The van der Waals surface area contributed by atoms with E-state index in [2.05, 4.69) is 65.1 Å². The number of ether oxygens (including phenoxy) is 1. The average molecular weight is 378 g/mol. The van der Waals surface area contributed by atoms with Gasteiger partial charge in [0.25, 0.3) is 0 Å². The minimum Gasteiger partial charge on any atom is -0.444 e. The van der Waals surface area contributed by atoms with Crippen molar-refractivity contribution in [1.29, 1.82) is 0 Å². The summed E-state index contributed by atoms with van der Waals surface area (Å²) in [5.41, 5.74) is 1.86. The minimum atomic E-state index is -1.86. The van der Waals surface area contributed by atoms with Gasteiger partial charge >= 0.3 is 6.09 Å². The fourth-order valence-electron chi connectivity index (χ4n) is 2.67. The molecule has 26 heavy (non-hydrogen) atoms. The normalized spacial score (nSPS) is 20.9. The van der Waals surface area contributed by atoms with Gasteiger partial charge in [-0.3, -0.25) is 4.90 Å². The maximum Gasteiger partial charge on any atom is 0.411 e. The zero-order valence-corrected chi connectivity index (χ0v) is 18.8. The first-order valence-corrected chi connectivity index (χ1v) is 12.4. The molecule has 1 aromatic rings. The molecule has 0 radical (unpaired) electrons. The molecule has 0 N–H and O–H groups in total. The van der Waals surface area contributed by atoms with Crippen molar-refractivity contribution in [2.24, 2.45) is 0 Å². The van der Waals surface area contributed by atoms with Gasteiger partial charge in [0, 0.05) is 0 Å². The molecule has 146 valence electrons. The lowest BCUT2D eigenvalue weighted by Crippen LogP contribution is -2.42. The smallest absolute Gasteiger partial charge is 0.411 e. The molecular formula is C21H35NO3Si.